The third-order valence-electron chi connectivity index (χ3n) is 3.33. The van der Waals surface area contributed by atoms with Crippen LogP contribution in [-0.4, -0.2) is 35.7 Å². The van der Waals surface area contributed by atoms with Gasteiger partial charge in [0.15, 0.2) is 5.16 Å². The molecule has 1 aromatic heterocycles. The number of carbonyl (C=O) groups is 1. The SMILES string of the molecule is CCCCCCCCC(C=O)Sc1nc(OC)cc(OC)n1. The summed E-state index contributed by atoms with van der Waals surface area (Å²) in [6.07, 6.45) is 9.13. The maximum atomic E-state index is 11.2. The van der Waals surface area contributed by atoms with Crippen LogP contribution < -0.4 is 9.47 Å². The lowest BCUT2D eigenvalue weighted by Crippen LogP contribution is -2.06. The summed E-state index contributed by atoms with van der Waals surface area (Å²) >= 11 is 1.37. The molecular weight excluding hydrogens is 300 g/mol. The molecule has 22 heavy (non-hydrogen) atoms. The van der Waals surface area contributed by atoms with Crippen molar-refractivity contribution in [2.75, 3.05) is 14.2 Å². The molecular formula is C16H26N2O3S. The quantitative estimate of drug-likeness (QED) is 0.251. The molecule has 0 aliphatic heterocycles. The normalized spacial score (nSPS) is 12.0. The minimum absolute atomic E-state index is 0.122. The molecule has 1 atom stereocenters. The van der Waals surface area contributed by atoms with Gasteiger partial charge in [-0.15, -0.1) is 0 Å². The van der Waals surface area contributed by atoms with Crippen molar-refractivity contribution in [3.8, 4) is 11.8 Å². The Balaban J connectivity index is 2.46. The van der Waals surface area contributed by atoms with Gasteiger partial charge in [-0.3, -0.25) is 0 Å². The second-order valence-corrected chi connectivity index (χ2v) is 6.29. The summed E-state index contributed by atoms with van der Waals surface area (Å²) in [5, 5.41) is 0.391. The fourth-order valence-corrected chi connectivity index (χ4v) is 2.96. The summed E-state index contributed by atoms with van der Waals surface area (Å²) in [6.45, 7) is 2.21. The van der Waals surface area contributed by atoms with Crippen molar-refractivity contribution in [2.45, 2.75) is 62.3 Å². The van der Waals surface area contributed by atoms with Gasteiger partial charge in [-0.1, -0.05) is 57.2 Å². The number of carbonyl (C=O) groups excluding carboxylic acids is 1. The van der Waals surface area contributed by atoms with E-state index < -0.39 is 0 Å². The Bertz CT molecular complexity index is 421. The van der Waals surface area contributed by atoms with Crippen molar-refractivity contribution < 1.29 is 14.3 Å². The summed E-state index contributed by atoms with van der Waals surface area (Å²) in [7, 11) is 3.09. The van der Waals surface area contributed by atoms with Gasteiger partial charge < -0.3 is 14.3 Å². The first-order valence-corrected chi connectivity index (χ1v) is 8.70. The van der Waals surface area contributed by atoms with Gasteiger partial charge in [0.2, 0.25) is 11.8 Å². The van der Waals surface area contributed by atoms with Crippen LogP contribution in [0.4, 0.5) is 0 Å². The van der Waals surface area contributed by atoms with Gasteiger partial charge in [0.05, 0.1) is 25.5 Å². The van der Waals surface area contributed by atoms with E-state index in [2.05, 4.69) is 16.9 Å². The van der Waals surface area contributed by atoms with Crippen LogP contribution in [0.5, 0.6) is 11.8 Å². The molecule has 0 aliphatic rings. The van der Waals surface area contributed by atoms with Crippen LogP contribution in [0.1, 0.15) is 51.9 Å². The number of hydrogen-bond acceptors (Lipinski definition) is 6. The predicted molar refractivity (Wildman–Crippen MR) is 88.8 cm³/mol. The van der Waals surface area contributed by atoms with Crippen molar-refractivity contribution in [3.63, 3.8) is 0 Å². The van der Waals surface area contributed by atoms with Crippen molar-refractivity contribution >= 4 is 18.0 Å². The van der Waals surface area contributed by atoms with Crippen LogP contribution in [0, 0.1) is 0 Å². The Kier molecular flexibility index (Phi) is 9.62. The number of ether oxygens (including phenoxy) is 2. The number of thioether (sulfide) groups is 1. The van der Waals surface area contributed by atoms with E-state index in [1.54, 1.807) is 20.3 Å². The van der Waals surface area contributed by atoms with Gasteiger partial charge in [-0.05, 0) is 6.42 Å². The van der Waals surface area contributed by atoms with E-state index in [1.807, 2.05) is 0 Å². The molecule has 0 saturated heterocycles. The lowest BCUT2D eigenvalue weighted by Gasteiger charge is -2.10. The summed E-state index contributed by atoms with van der Waals surface area (Å²) in [5.74, 6) is 0.886. The molecule has 0 saturated carbocycles. The van der Waals surface area contributed by atoms with Gasteiger partial charge in [0.1, 0.15) is 6.29 Å². The zero-order chi connectivity index (χ0) is 16.2. The Labute approximate surface area is 137 Å². The Hall–Kier alpha value is -1.30. The zero-order valence-corrected chi connectivity index (χ0v) is 14.5. The molecule has 1 unspecified atom stereocenters. The van der Waals surface area contributed by atoms with Gasteiger partial charge in [0, 0.05) is 0 Å². The summed E-state index contributed by atoms with van der Waals surface area (Å²) in [4.78, 5) is 19.7. The van der Waals surface area contributed by atoms with Gasteiger partial charge in [0.25, 0.3) is 0 Å². The highest BCUT2D eigenvalue weighted by molar-refractivity contribution is 8.00. The molecule has 1 rings (SSSR count). The second-order valence-electron chi connectivity index (χ2n) is 5.08. The first-order valence-electron chi connectivity index (χ1n) is 7.82. The van der Waals surface area contributed by atoms with E-state index in [4.69, 9.17) is 9.47 Å². The lowest BCUT2D eigenvalue weighted by atomic mass is 10.1. The number of aromatic nitrogens is 2. The highest BCUT2D eigenvalue weighted by Gasteiger charge is 2.13. The fourth-order valence-electron chi connectivity index (χ4n) is 2.06. The Morgan fingerprint density at radius 2 is 1.68 bits per heavy atom. The maximum absolute atomic E-state index is 11.2. The van der Waals surface area contributed by atoms with Crippen LogP contribution >= 0.6 is 11.8 Å². The maximum Gasteiger partial charge on any atom is 0.220 e. The molecule has 0 spiro atoms. The van der Waals surface area contributed by atoms with Crippen LogP contribution in [0.25, 0.3) is 0 Å². The molecule has 5 nitrogen and oxygen atoms in total. The molecule has 0 N–H and O–H groups in total. The van der Waals surface area contributed by atoms with E-state index >= 15 is 0 Å². The van der Waals surface area contributed by atoms with Gasteiger partial charge in [-0.2, -0.15) is 9.97 Å². The van der Waals surface area contributed by atoms with E-state index in [0.29, 0.717) is 16.9 Å². The van der Waals surface area contributed by atoms with Crippen molar-refractivity contribution in [1.29, 1.82) is 0 Å². The number of methoxy groups -OCH3 is 2. The highest BCUT2D eigenvalue weighted by Crippen LogP contribution is 2.26. The second kappa shape index (κ2) is 11.3. The smallest absolute Gasteiger partial charge is 0.220 e. The molecule has 0 aliphatic carbocycles. The number of aldehydes is 1. The van der Waals surface area contributed by atoms with Crippen molar-refractivity contribution in [1.82, 2.24) is 9.97 Å². The first kappa shape index (κ1) is 18.7. The van der Waals surface area contributed by atoms with E-state index in [0.717, 1.165) is 19.1 Å². The number of nitrogens with zero attached hydrogens (tertiary/aromatic N) is 2. The minimum atomic E-state index is -0.122. The van der Waals surface area contributed by atoms with E-state index in [9.17, 15) is 4.79 Å². The van der Waals surface area contributed by atoms with Gasteiger partial charge in [-0.25, -0.2) is 0 Å². The molecule has 0 amide bonds. The Morgan fingerprint density at radius 1 is 1.09 bits per heavy atom. The third-order valence-corrected chi connectivity index (χ3v) is 4.37. The largest absolute Gasteiger partial charge is 0.481 e. The van der Waals surface area contributed by atoms with Crippen molar-refractivity contribution in [3.05, 3.63) is 6.07 Å². The first-order chi connectivity index (χ1) is 10.7. The Morgan fingerprint density at radius 3 is 2.23 bits per heavy atom. The molecule has 6 heteroatoms. The van der Waals surface area contributed by atoms with Crippen LogP contribution in [0.2, 0.25) is 0 Å². The van der Waals surface area contributed by atoms with Gasteiger partial charge >= 0.3 is 0 Å². The molecule has 0 aromatic carbocycles. The molecule has 1 heterocycles. The van der Waals surface area contributed by atoms with Crippen LogP contribution in [0.15, 0.2) is 11.2 Å². The number of hydrogen-bond donors (Lipinski definition) is 0. The van der Waals surface area contributed by atoms with Crippen LogP contribution in [-0.2, 0) is 4.79 Å². The van der Waals surface area contributed by atoms with Crippen molar-refractivity contribution in [2.24, 2.45) is 0 Å². The third kappa shape index (κ3) is 7.11. The molecule has 0 fully saturated rings. The number of rotatable bonds is 12. The summed E-state index contributed by atoms with van der Waals surface area (Å²) < 4.78 is 10.2. The summed E-state index contributed by atoms with van der Waals surface area (Å²) in [5.41, 5.74) is 0. The average molecular weight is 326 g/mol. The van der Waals surface area contributed by atoms with Crippen LogP contribution in [0.3, 0.4) is 0 Å². The molecule has 0 bridgehead atoms. The molecule has 124 valence electrons. The summed E-state index contributed by atoms with van der Waals surface area (Å²) in [6, 6.07) is 1.62. The molecule has 1 aromatic rings. The van der Waals surface area contributed by atoms with E-state index in [-0.39, 0.29) is 5.25 Å². The average Bonchev–Trinajstić information content (AvgIpc) is 2.56. The zero-order valence-electron chi connectivity index (χ0n) is 13.7. The monoisotopic (exact) mass is 326 g/mol. The topological polar surface area (TPSA) is 61.3 Å². The predicted octanol–water partition coefficient (Wildman–Crippen LogP) is 3.90. The minimum Gasteiger partial charge on any atom is -0.481 e. The lowest BCUT2D eigenvalue weighted by molar-refractivity contribution is -0.107. The fraction of sp³-hybridized carbons (Fsp3) is 0.688. The highest BCUT2D eigenvalue weighted by atomic mass is 32.2. The number of unbranched alkanes of at least 4 members (excludes halogenated alkanes) is 5. The molecule has 0 radical (unpaired) electrons. The van der Waals surface area contributed by atoms with E-state index in [1.165, 1.54) is 43.9 Å². The standard InChI is InChI=1S/C16H26N2O3S/c1-4-5-6-7-8-9-10-13(12-19)22-16-17-14(20-2)11-15(18-16)21-3/h11-13H,4-10H2,1-3H3.